The van der Waals surface area contributed by atoms with Crippen LogP contribution in [0.15, 0.2) is 18.3 Å². The zero-order valence-corrected chi connectivity index (χ0v) is 12.9. The molecular formula is C16H27N3O. The maximum atomic E-state index is 5.77. The zero-order chi connectivity index (χ0) is 14.4. The maximum absolute atomic E-state index is 5.77. The highest BCUT2D eigenvalue weighted by molar-refractivity contribution is 5.47. The third kappa shape index (κ3) is 4.46. The number of nitrogens with zero attached hydrogens (tertiary/aromatic N) is 2. The summed E-state index contributed by atoms with van der Waals surface area (Å²) in [6, 6.07) is 4.79. The van der Waals surface area contributed by atoms with E-state index in [0.717, 1.165) is 31.9 Å². The van der Waals surface area contributed by atoms with Crippen molar-refractivity contribution < 1.29 is 4.74 Å². The molecule has 0 aromatic carbocycles. The number of hydrogen-bond donors (Lipinski definition) is 1. The highest BCUT2D eigenvalue weighted by Crippen LogP contribution is 2.21. The molecule has 1 aliphatic rings. The molecule has 1 aromatic rings. The Balaban J connectivity index is 1.98. The first kappa shape index (κ1) is 15.3. The van der Waals surface area contributed by atoms with Crippen molar-refractivity contribution in [3.63, 3.8) is 0 Å². The number of piperidine rings is 1. The Morgan fingerprint density at radius 1 is 1.50 bits per heavy atom. The van der Waals surface area contributed by atoms with Crippen molar-refractivity contribution in [3.05, 3.63) is 24.0 Å². The molecule has 20 heavy (non-hydrogen) atoms. The van der Waals surface area contributed by atoms with Gasteiger partial charge in [0, 0.05) is 44.2 Å². The second-order valence-corrected chi connectivity index (χ2v) is 5.71. The Bertz CT molecular complexity index is 406. The van der Waals surface area contributed by atoms with E-state index >= 15 is 0 Å². The number of ether oxygens (including phenoxy) is 1. The second kappa shape index (κ2) is 7.60. The topological polar surface area (TPSA) is 37.4 Å². The van der Waals surface area contributed by atoms with Crippen LogP contribution < -0.4 is 10.2 Å². The van der Waals surface area contributed by atoms with Gasteiger partial charge in [-0.05, 0) is 31.9 Å². The molecule has 0 aliphatic carbocycles. The first-order valence-electron chi connectivity index (χ1n) is 7.74. The summed E-state index contributed by atoms with van der Waals surface area (Å²) in [5, 5.41) is 3.42. The second-order valence-electron chi connectivity index (χ2n) is 5.71. The summed E-state index contributed by atoms with van der Waals surface area (Å²) in [6.45, 7) is 10.1. The van der Waals surface area contributed by atoms with Gasteiger partial charge in [-0.1, -0.05) is 13.8 Å². The standard InChI is InChI=1S/C16H27N3O/c1-4-20-16-6-5-9-19(12-16)15-7-8-17-14(10-15)11-18-13(2)3/h7-8,10,13,16,18H,4-6,9,11-12H2,1-3H3. The molecule has 0 radical (unpaired) electrons. The fourth-order valence-corrected chi connectivity index (χ4v) is 2.61. The van der Waals surface area contributed by atoms with Crippen LogP contribution in [0.3, 0.4) is 0 Å². The Labute approximate surface area is 122 Å². The van der Waals surface area contributed by atoms with Crippen molar-refractivity contribution >= 4 is 5.69 Å². The van der Waals surface area contributed by atoms with E-state index in [1.54, 1.807) is 0 Å². The highest BCUT2D eigenvalue weighted by Gasteiger charge is 2.20. The molecule has 0 saturated carbocycles. The van der Waals surface area contributed by atoms with E-state index in [1.165, 1.54) is 18.5 Å². The molecule has 0 amide bonds. The fraction of sp³-hybridized carbons (Fsp3) is 0.688. The van der Waals surface area contributed by atoms with E-state index in [9.17, 15) is 0 Å². The van der Waals surface area contributed by atoms with Crippen molar-refractivity contribution in [1.29, 1.82) is 0 Å². The van der Waals surface area contributed by atoms with Gasteiger partial charge in [0.25, 0.3) is 0 Å². The van der Waals surface area contributed by atoms with E-state index in [-0.39, 0.29) is 0 Å². The Kier molecular flexibility index (Phi) is 5.80. The van der Waals surface area contributed by atoms with Crippen LogP contribution in [0.1, 0.15) is 39.3 Å². The van der Waals surface area contributed by atoms with E-state index in [1.807, 2.05) is 6.20 Å². The van der Waals surface area contributed by atoms with Crippen LogP contribution in [0.25, 0.3) is 0 Å². The van der Waals surface area contributed by atoms with Crippen LogP contribution in [0.2, 0.25) is 0 Å². The fourth-order valence-electron chi connectivity index (χ4n) is 2.61. The van der Waals surface area contributed by atoms with E-state index < -0.39 is 0 Å². The Morgan fingerprint density at radius 2 is 2.35 bits per heavy atom. The van der Waals surface area contributed by atoms with Crippen LogP contribution in [-0.4, -0.2) is 36.8 Å². The summed E-state index contributed by atoms with van der Waals surface area (Å²) in [5.74, 6) is 0. The molecule has 1 atom stereocenters. The molecule has 1 saturated heterocycles. The van der Waals surface area contributed by atoms with Gasteiger partial charge in [-0.2, -0.15) is 0 Å². The summed E-state index contributed by atoms with van der Waals surface area (Å²) < 4.78 is 5.77. The summed E-state index contributed by atoms with van der Waals surface area (Å²) in [5.41, 5.74) is 2.37. The number of aromatic nitrogens is 1. The van der Waals surface area contributed by atoms with Crippen LogP contribution in [0.4, 0.5) is 5.69 Å². The molecule has 1 fully saturated rings. The Morgan fingerprint density at radius 3 is 3.10 bits per heavy atom. The lowest BCUT2D eigenvalue weighted by Crippen LogP contribution is -2.39. The lowest BCUT2D eigenvalue weighted by atomic mass is 10.1. The first-order chi connectivity index (χ1) is 9.69. The lowest BCUT2D eigenvalue weighted by Gasteiger charge is -2.34. The molecule has 0 spiro atoms. The highest BCUT2D eigenvalue weighted by atomic mass is 16.5. The van der Waals surface area contributed by atoms with Crippen LogP contribution in [0, 0.1) is 0 Å². The molecule has 112 valence electrons. The number of nitrogens with one attached hydrogen (secondary N) is 1. The van der Waals surface area contributed by atoms with Crippen molar-refractivity contribution in [1.82, 2.24) is 10.3 Å². The van der Waals surface area contributed by atoms with E-state index in [4.69, 9.17) is 4.74 Å². The normalized spacial score (nSPS) is 19.6. The van der Waals surface area contributed by atoms with Crippen molar-refractivity contribution in [2.24, 2.45) is 0 Å². The number of anilines is 1. The van der Waals surface area contributed by atoms with Crippen molar-refractivity contribution in [2.45, 2.75) is 52.3 Å². The predicted octanol–water partition coefficient (Wildman–Crippen LogP) is 2.58. The molecular weight excluding hydrogens is 250 g/mol. The summed E-state index contributed by atoms with van der Waals surface area (Å²) in [4.78, 5) is 6.86. The molecule has 1 N–H and O–H groups in total. The summed E-state index contributed by atoms with van der Waals surface area (Å²) >= 11 is 0. The molecule has 1 unspecified atom stereocenters. The number of hydrogen-bond acceptors (Lipinski definition) is 4. The minimum Gasteiger partial charge on any atom is -0.377 e. The van der Waals surface area contributed by atoms with E-state index in [2.05, 4.69) is 48.1 Å². The van der Waals surface area contributed by atoms with Crippen LogP contribution in [0.5, 0.6) is 0 Å². The minimum atomic E-state index is 0.374. The van der Waals surface area contributed by atoms with Crippen molar-refractivity contribution in [2.75, 3.05) is 24.6 Å². The van der Waals surface area contributed by atoms with Gasteiger partial charge in [0.2, 0.25) is 0 Å². The van der Waals surface area contributed by atoms with Gasteiger partial charge in [-0.15, -0.1) is 0 Å². The molecule has 2 heterocycles. The first-order valence-corrected chi connectivity index (χ1v) is 7.74. The zero-order valence-electron chi connectivity index (χ0n) is 12.9. The monoisotopic (exact) mass is 277 g/mol. The van der Waals surface area contributed by atoms with Gasteiger partial charge in [0.1, 0.15) is 0 Å². The summed E-state index contributed by atoms with van der Waals surface area (Å²) in [6.07, 6.45) is 4.67. The molecule has 4 heteroatoms. The van der Waals surface area contributed by atoms with Gasteiger partial charge in [0.15, 0.2) is 0 Å². The predicted molar refractivity (Wildman–Crippen MR) is 83.1 cm³/mol. The third-order valence-corrected chi connectivity index (χ3v) is 3.64. The largest absolute Gasteiger partial charge is 0.377 e. The van der Waals surface area contributed by atoms with Crippen molar-refractivity contribution in [3.8, 4) is 0 Å². The average molecular weight is 277 g/mol. The molecule has 0 bridgehead atoms. The molecule has 1 aromatic heterocycles. The van der Waals surface area contributed by atoms with Gasteiger partial charge in [0.05, 0.1) is 11.8 Å². The van der Waals surface area contributed by atoms with Gasteiger partial charge in [-0.3, -0.25) is 4.98 Å². The maximum Gasteiger partial charge on any atom is 0.0750 e. The number of pyridine rings is 1. The van der Waals surface area contributed by atoms with Crippen LogP contribution >= 0.6 is 0 Å². The van der Waals surface area contributed by atoms with Gasteiger partial charge < -0.3 is 15.0 Å². The lowest BCUT2D eigenvalue weighted by molar-refractivity contribution is 0.0526. The average Bonchev–Trinajstić information content (AvgIpc) is 2.46. The SMILES string of the molecule is CCOC1CCCN(c2ccnc(CNC(C)C)c2)C1. The van der Waals surface area contributed by atoms with Gasteiger partial charge >= 0.3 is 0 Å². The Hall–Kier alpha value is -1.13. The van der Waals surface area contributed by atoms with Gasteiger partial charge in [-0.25, -0.2) is 0 Å². The van der Waals surface area contributed by atoms with Crippen LogP contribution in [-0.2, 0) is 11.3 Å². The molecule has 2 rings (SSSR count). The molecule has 1 aliphatic heterocycles. The number of rotatable bonds is 6. The van der Waals surface area contributed by atoms with E-state index in [0.29, 0.717) is 12.1 Å². The summed E-state index contributed by atoms with van der Waals surface area (Å²) in [7, 11) is 0. The third-order valence-electron chi connectivity index (χ3n) is 3.64. The smallest absolute Gasteiger partial charge is 0.0750 e. The minimum absolute atomic E-state index is 0.374. The quantitative estimate of drug-likeness (QED) is 0.867. The molecule has 4 nitrogen and oxygen atoms in total.